The minimum Gasteiger partial charge on any atom is -0.308 e. The Morgan fingerprint density at radius 1 is 1.17 bits per heavy atom. The van der Waals surface area contributed by atoms with E-state index in [1.54, 1.807) is 28.8 Å². The molecular formula is C21H23ClFN3OS2. The molecule has 0 radical (unpaired) electrons. The number of amides is 1. The lowest BCUT2D eigenvalue weighted by Gasteiger charge is -2.22. The molecule has 0 spiro atoms. The van der Waals surface area contributed by atoms with Crippen LogP contribution in [0.2, 0.25) is 5.02 Å². The van der Waals surface area contributed by atoms with Crippen molar-refractivity contribution in [3.8, 4) is 0 Å². The first-order valence-corrected chi connectivity index (χ1v) is 11.5. The summed E-state index contributed by atoms with van der Waals surface area (Å²) in [4.78, 5) is 22.4. The molecule has 1 heterocycles. The van der Waals surface area contributed by atoms with Crippen LogP contribution in [-0.2, 0) is 4.79 Å². The van der Waals surface area contributed by atoms with E-state index in [1.165, 1.54) is 23.5 Å². The third-order valence-electron chi connectivity index (χ3n) is 4.28. The summed E-state index contributed by atoms with van der Waals surface area (Å²) in [5, 5.41) is 1.28. The molecule has 0 bridgehead atoms. The Bertz CT molecular complexity index is 962. The van der Waals surface area contributed by atoms with Gasteiger partial charge in [0.25, 0.3) is 0 Å². The second-order valence-electron chi connectivity index (χ2n) is 6.84. The smallest absolute Gasteiger partial charge is 0.228 e. The van der Waals surface area contributed by atoms with Gasteiger partial charge in [0.2, 0.25) is 5.91 Å². The number of hydrogen-bond acceptors (Lipinski definition) is 5. The van der Waals surface area contributed by atoms with Crippen molar-refractivity contribution in [3.63, 3.8) is 0 Å². The lowest BCUT2D eigenvalue weighted by molar-refractivity contribution is -0.118. The highest BCUT2D eigenvalue weighted by atomic mass is 35.5. The predicted molar refractivity (Wildman–Crippen MR) is 122 cm³/mol. The number of nitrogens with zero attached hydrogens (tertiary/aromatic N) is 3. The van der Waals surface area contributed by atoms with Crippen molar-refractivity contribution in [2.45, 2.75) is 17.7 Å². The molecule has 0 fully saturated rings. The fourth-order valence-corrected chi connectivity index (χ4v) is 4.89. The molecule has 0 unspecified atom stereocenters. The van der Waals surface area contributed by atoms with Crippen LogP contribution < -0.4 is 4.90 Å². The molecule has 0 atom stereocenters. The molecule has 0 N–H and O–H groups in total. The molecule has 1 aromatic heterocycles. The average Bonchev–Trinajstić information content (AvgIpc) is 3.12. The van der Waals surface area contributed by atoms with Crippen molar-refractivity contribution in [2.24, 2.45) is 0 Å². The second kappa shape index (κ2) is 10.4. The number of anilines is 1. The molecule has 0 saturated carbocycles. The number of carbonyl (C=O) groups excluding carboxylic acids is 1. The van der Waals surface area contributed by atoms with Gasteiger partial charge in [-0.2, -0.15) is 0 Å². The Morgan fingerprint density at radius 2 is 1.93 bits per heavy atom. The van der Waals surface area contributed by atoms with Gasteiger partial charge in [-0.3, -0.25) is 9.69 Å². The zero-order valence-corrected chi connectivity index (χ0v) is 18.8. The van der Waals surface area contributed by atoms with Crippen LogP contribution in [0.3, 0.4) is 0 Å². The van der Waals surface area contributed by atoms with E-state index in [-0.39, 0.29) is 11.7 Å². The largest absolute Gasteiger partial charge is 0.308 e. The Hall–Kier alpha value is -1.67. The van der Waals surface area contributed by atoms with Gasteiger partial charge in [-0.15, -0.1) is 11.8 Å². The molecule has 8 heteroatoms. The standard InChI is InChI=1S/C21H23ClFN3OS2/c1-25(2)12-13-26(21-24-20-17(22)5-3-6-18(20)29-21)19(27)7-4-14-28-16-10-8-15(23)9-11-16/h3,5-6,8-11H,4,7,12-14H2,1-2H3. The van der Waals surface area contributed by atoms with Crippen LogP contribution in [0.4, 0.5) is 9.52 Å². The summed E-state index contributed by atoms with van der Waals surface area (Å²) in [7, 11) is 3.97. The number of thioether (sulfide) groups is 1. The number of thiazole rings is 1. The number of likely N-dealkylation sites (N-methyl/N-ethyl adjacent to an activating group) is 1. The molecule has 29 heavy (non-hydrogen) atoms. The molecule has 0 aliphatic rings. The summed E-state index contributed by atoms with van der Waals surface area (Å²) in [6, 6.07) is 12.1. The van der Waals surface area contributed by atoms with E-state index in [2.05, 4.69) is 4.98 Å². The van der Waals surface area contributed by atoms with Crippen LogP contribution in [0.25, 0.3) is 10.2 Å². The fraction of sp³-hybridized carbons (Fsp3) is 0.333. The van der Waals surface area contributed by atoms with Crippen LogP contribution in [0.5, 0.6) is 0 Å². The fourth-order valence-electron chi connectivity index (χ4n) is 2.72. The van der Waals surface area contributed by atoms with Gasteiger partial charge in [0.15, 0.2) is 5.13 Å². The quantitative estimate of drug-likeness (QED) is 0.315. The summed E-state index contributed by atoms with van der Waals surface area (Å²) in [6.45, 7) is 1.33. The number of hydrogen-bond donors (Lipinski definition) is 0. The topological polar surface area (TPSA) is 36.4 Å². The van der Waals surface area contributed by atoms with Gasteiger partial charge in [-0.05, 0) is 62.7 Å². The normalized spacial score (nSPS) is 11.3. The zero-order chi connectivity index (χ0) is 20.8. The first-order chi connectivity index (χ1) is 13.9. The number of fused-ring (bicyclic) bond motifs is 1. The minimum atomic E-state index is -0.239. The monoisotopic (exact) mass is 451 g/mol. The lowest BCUT2D eigenvalue weighted by atomic mass is 10.3. The Morgan fingerprint density at radius 3 is 2.62 bits per heavy atom. The van der Waals surface area contributed by atoms with E-state index in [9.17, 15) is 9.18 Å². The number of carbonyl (C=O) groups is 1. The molecule has 2 aromatic carbocycles. The maximum absolute atomic E-state index is 13.0. The van der Waals surface area contributed by atoms with E-state index in [0.717, 1.165) is 33.8 Å². The molecule has 0 aliphatic carbocycles. The van der Waals surface area contributed by atoms with Crippen LogP contribution in [0, 0.1) is 5.82 Å². The molecule has 3 rings (SSSR count). The highest BCUT2D eigenvalue weighted by molar-refractivity contribution is 7.99. The minimum absolute atomic E-state index is 0.0572. The van der Waals surface area contributed by atoms with Gasteiger partial charge in [-0.25, -0.2) is 9.37 Å². The first kappa shape index (κ1) is 22.0. The van der Waals surface area contributed by atoms with Gasteiger partial charge in [0, 0.05) is 24.4 Å². The van der Waals surface area contributed by atoms with Gasteiger partial charge in [-0.1, -0.05) is 29.0 Å². The SMILES string of the molecule is CN(C)CCN(C(=O)CCCSc1ccc(F)cc1)c1nc2c(Cl)cccc2s1. The second-order valence-corrected chi connectivity index (χ2v) is 9.42. The average molecular weight is 452 g/mol. The van der Waals surface area contributed by atoms with Crippen LogP contribution >= 0.6 is 34.7 Å². The van der Waals surface area contributed by atoms with E-state index in [4.69, 9.17) is 11.6 Å². The Labute approximate surface area is 183 Å². The molecule has 154 valence electrons. The maximum atomic E-state index is 13.0. The van der Waals surface area contributed by atoms with Crippen LogP contribution in [0.1, 0.15) is 12.8 Å². The molecule has 4 nitrogen and oxygen atoms in total. The summed E-state index contributed by atoms with van der Waals surface area (Å²) in [5.41, 5.74) is 0.740. The highest BCUT2D eigenvalue weighted by Crippen LogP contribution is 2.33. The van der Waals surface area contributed by atoms with Crippen molar-refractivity contribution >= 4 is 56.0 Å². The first-order valence-electron chi connectivity index (χ1n) is 9.32. The van der Waals surface area contributed by atoms with Crippen molar-refractivity contribution in [1.29, 1.82) is 0 Å². The molecule has 0 saturated heterocycles. The van der Waals surface area contributed by atoms with Gasteiger partial charge in [0.1, 0.15) is 11.3 Å². The maximum Gasteiger partial charge on any atom is 0.228 e. The van der Waals surface area contributed by atoms with Crippen molar-refractivity contribution in [1.82, 2.24) is 9.88 Å². The van der Waals surface area contributed by atoms with Crippen molar-refractivity contribution < 1.29 is 9.18 Å². The third-order valence-corrected chi connectivity index (χ3v) is 6.73. The van der Waals surface area contributed by atoms with Crippen molar-refractivity contribution in [2.75, 3.05) is 37.8 Å². The molecule has 0 aliphatic heterocycles. The van der Waals surface area contributed by atoms with E-state index in [1.807, 2.05) is 37.2 Å². The van der Waals surface area contributed by atoms with Gasteiger partial charge < -0.3 is 4.90 Å². The third kappa shape index (κ3) is 6.15. The van der Waals surface area contributed by atoms with E-state index >= 15 is 0 Å². The molecular weight excluding hydrogens is 429 g/mol. The van der Waals surface area contributed by atoms with Crippen LogP contribution in [-0.4, -0.2) is 48.7 Å². The molecule has 3 aromatic rings. The summed E-state index contributed by atoms with van der Waals surface area (Å²) < 4.78 is 14.0. The number of rotatable bonds is 9. The Balaban J connectivity index is 1.64. The highest BCUT2D eigenvalue weighted by Gasteiger charge is 2.20. The zero-order valence-electron chi connectivity index (χ0n) is 16.4. The number of benzene rings is 2. The van der Waals surface area contributed by atoms with E-state index < -0.39 is 0 Å². The number of halogens is 2. The van der Waals surface area contributed by atoms with E-state index in [0.29, 0.717) is 23.1 Å². The molecule has 1 amide bonds. The Kier molecular flexibility index (Phi) is 7.89. The van der Waals surface area contributed by atoms with Gasteiger partial charge in [0.05, 0.1) is 9.72 Å². The number of aromatic nitrogens is 1. The van der Waals surface area contributed by atoms with Crippen molar-refractivity contribution in [3.05, 3.63) is 53.3 Å². The lowest BCUT2D eigenvalue weighted by Crippen LogP contribution is -2.36. The summed E-state index contributed by atoms with van der Waals surface area (Å²) in [5.74, 6) is 0.614. The summed E-state index contributed by atoms with van der Waals surface area (Å²) >= 11 is 9.37. The predicted octanol–water partition coefficient (Wildman–Crippen LogP) is 5.56. The van der Waals surface area contributed by atoms with Gasteiger partial charge >= 0.3 is 0 Å². The summed E-state index contributed by atoms with van der Waals surface area (Å²) in [6.07, 6.45) is 1.18. The number of para-hydroxylation sites is 1. The van der Waals surface area contributed by atoms with Crippen LogP contribution in [0.15, 0.2) is 47.4 Å².